The minimum Gasteiger partial charge on any atom is -0.503 e. The molecule has 136 valence electrons. The van der Waals surface area contributed by atoms with Gasteiger partial charge in [-0.1, -0.05) is 0 Å². The molecule has 6 nitrogen and oxygen atoms in total. The van der Waals surface area contributed by atoms with E-state index in [4.69, 9.17) is 4.74 Å². The highest BCUT2D eigenvalue weighted by Gasteiger charge is 2.13. The molecule has 1 amide bonds. The highest BCUT2D eigenvalue weighted by atomic mass is 79.9. The fourth-order valence-electron chi connectivity index (χ4n) is 2.85. The first-order valence-corrected chi connectivity index (χ1v) is 9.12. The predicted octanol–water partition coefficient (Wildman–Crippen LogP) is 3.53. The molecule has 0 aliphatic carbocycles. The number of amides is 1. The van der Waals surface area contributed by atoms with E-state index in [0.29, 0.717) is 21.3 Å². The minimum absolute atomic E-state index is 0.0202. The summed E-state index contributed by atoms with van der Waals surface area (Å²) in [6.07, 6.45) is 3.92. The molecule has 0 radical (unpaired) electrons. The number of hydrogen-bond acceptors (Lipinski definition) is 5. The Morgan fingerprint density at radius 2 is 1.96 bits per heavy atom. The van der Waals surface area contributed by atoms with E-state index < -0.39 is 0 Å². The third-order valence-corrected chi connectivity index (χ3v) is 4.86. The summed E-state index contributed by atoms with van der Waals surface area (Å²) in [5, 5.41) is 13.8. The van der Waals surface area contributed by atoms with Crippen molar-refractivity contribution in [3.8, 4) is 11.5 Å². The molecule has 0 bridgehead atoms. The van der Waals surface area contributed by atoms with Crippen molar-refractivity contribution < 1.29 is 14.6 Å². The fraction of sp³-hybridized carbons (Fsp3) is 0.263. The van der Waals surface area contributed by atoms with E-state index in [1.54, 1.807) is 24.3 Å². The van der Waals surface area contributed by atoms with Crippen LogP contribution in [0.3, 0.4) is 0 Å². The van der Waals surface area contributed by atoms with Crippen LogP contribution in [-0.2, 0) is 0 Å². The highest BCUT2D eigenvalue weighted by Crippen LogP contribution is 2.34. The van der Waals surface area contributed by atoms with Crippen LogP contribution in [0.5, 0.6) is 11.5 Å². The van der Waals surface area contributed by atoms with Crippen molar-refractivity contribution in [2.24, 2.45) is 5.10 Å². The number of nitrogens with one attached hydrogen (secondary N) is 1. The van der Waals surface area contributed by atoms with Gasteiger partial charge in [-0.25, -0.2) is 5.43 Å². The number of anilines is 1. The summed E-state index contributed by atoms with van der Waals surface area (Å²) in [7, 11) is 1.47. The number of aromatic hydroxyl groups is 1. The van der Waals surface area contributed by atoms with Gasteiger partial charge >= 0.3 is 0 Å². The van der Waals surface area contributed by atoms with Crippen molar-refractivity contribution in [1.29, 1.82) is 0 Å². The molecular weight excluding hydrogens is 398 g/mol. The van der Waals surface area contributed by atoms with Crippen LogP contribution in [0.1, 0.15) is 28.8 Å². The maximum absolute atomic E-state index is 12.2. The first kappa shape index (κ1) is 18.3. The van der Waals surface area contributed by atoms with Crippen molar-refractivity contribution in [3.63, 3.8) is 0 Å². The number of phenols is 1. The average Bonchev–Trinajstić information content (AvgIpc) is 3.19. The number of carbonyl (C=O) groups is 1. The van der Waals surface area contributed by atoms with E-state index >= 15 is 0 Å². The molecule has 2 aromatic carbocycles. The Morgan fingerprint density at radius 1 is 1.27 bits per heavy atom. The lowest BCUT2D eigenvalue weighted by atomic mass is 10.2. The minimum atomic E-state index is -0.279. The third-order valence-electron chi connectivity index (χ3n) is 4.25. The number of benzene rings is 2. The molecule has 1 heterocycles. The van der Waals surface area contributed by atoms with Crippen LogP contribution < -0.4 is 15.1 Å². The van der Waals surface area contributed by atoms with Crippen LogP contribution in [0.2, 0.25) is 0 Å². The fourth-order valence-corrected chi connectivity index (χ4v) is 3.31. The number of methoxy groups -OCH3 is 1. The van der Waals surface area contributed by atoms with E-state index in [1.807, 2.05) is 12.1 Å². The second kappa shape index (κ2) is 8.23. The Bertz CT molecular complexity index is 816. The van der Waals surface area contributed by atoms with Crippen LogP contribution in [0.4, 0.5) is 5.69 Å². The van der Waals surface area contributed by atoms with Crippen LogP contribution in [-0.4, -0.2) is 37.4 Å². The lowest BCUT2D eigenvalue weighted by molar-refractivity contribution is 0.0955. The molecule has 7 heteroatoms. The molecule has 0 saturated carbocycles. The Hall–Kier alpha value is -2.54. The average molecular weight is 418 g/mol. The van der Waals surface area contributed by atoms with Gasteiger partial charge in [-0.3, -0.25) is 4.79 Å². The Morgan fingerprint density at radius 3 is 2.62 bits per heavy atom. The second-order valence-corrected chi connectivity index (χ2v) is 6.85. The molecule has 2 aromatic rings. The van der Waals surface area contributed by atoms with Gasteiger partial charge in [-0.15, -0.1) is 0 Å². The summed E-state index contributed by atoms with van der Waals surface area (Å²) >= 11 is 3.25. The van der Waals surface area contributed by atoms with E-state index in [9.17, 15) is 9.90 Å². The molecule has 0 aromatic heterocycles. The number of ether oxygens (including phenoxy) is 1. The highest BCUT2D eigenvalue weighted by molar-refractivity contribution is 9.10. The van der Waals surface area contributed by atoms with Crippen molar-refractivity contribution in [3.05, 3.63) is 52.0 Å². The summed E-state index contributed by atoms with van der Waals surface area (Å²) in [6.45, 7) is 2.14. The topological polar surface area (TPSA) is 74.2 Å². The molecule has 0 atom stereocenters. The first-order chi connectivity index (χ1) is 12.6. The van der Waals surface area contributed by atoms with Gasteiger partial charge in [0, 0.05) is 24.3 Å². The Balaban J connectivity index is 1.63. The van der Waals surface area contributed by atoms with E-state index in [-0.39, 0.29) is 11.7 Å². The largest absolute Gasteiger partial charge is 0.503 e. The number of halogens is 1. The number of phenolic OH excluding ortho intramolecular Hbond substituents is 1. The maximum atomic E-state index is 12.2. The zero-order valence-electron chi connectivity index (χ0n) is 14.4. The Kier molecular flexibility index (Phi) is 5.78. The molecule has 2 N–H and O–H groups in total. The van der Waals surface area contributed by atoms with Gasteiger partial charge in [-0.05, 0) is 70.7 Å². The van der Waals surface area contributed by atoms with Crippen molar-refractivity contribution in [2.45, 2.75) is 12.8 Å². The van der Waals surface area contributed by atoms with Gasteiger partial charge in [0.2, 0.25) is 0 Å². The first-order valence-electron chi connectivity index (χ1n) is 8.33. The SMILES string of the molecule is COc1cc(/C=N\NC(=O)c2ccc(N3CCCC3)cc2)cc(Br)c1O. The van der Waals surface area contributed by atoms with Crippen LogP contribution in [0.15, 0.2) is 46.0 Å². The zero-order valence-corrected chi connectivity index (χ0v) is 16.0. The van der Waals surface area contributed by atoms with Gasteiger partial charge in [0.05, 0.1) is 17.8 Å². The normalized spacial score (nSPS) is 14.0. The van der Waals surface area contributed by atoms with Gasteiger partial charge in [0.1, 0.15) is 0 Å². The number of hydrazone groups is 1. The van der Waals surface area contributed by atoms with Gasteiger partial charge in [-0.2, -0.15) is 5.10 Å². The van der Waals surface area contributed by atoms with E-state index in [2.05, 4.69) is 31.4 Å². The molecular formula is C19H20BrN3O3. The maximum Gasteiger partial charge on any atom is 0.271 e. The van der Waals surface area contributed by atoms with Crippen LogP contribution in [0, 0.1) is 0 Å². The third kappa shape index (κ3) is 4.16. The van der Waals surface area contributed by atoms with Gasteiger partial charge < -0.3 is 14.7 Å². The lowest BCUT2D eigenvalue weighted by Gasteiger charge is -2.17. The van der Waals surface area contributed by atoms with Crippen molar-refractivity contribution in [2.75, 3.05) is 25.1 Å². The Labute approximate surface area is 160 Å². The summed E-state index contributed by atoms with van der Waals surface area (Å²) in [5.74, 6) is 0.0652. The van der Waals surface area contributed by atoms with E-state index in [0.717, 1.165) is 18.8 Å². The summed E-state index contributed by atoms with van der Waals surface area (Å²) < 4.78 is 5.57. The van der Waals surface area contributed by atoms with Crippen molar-refractivity contribution >= 4 is 33.7 Å². The number of carbonyl (C=O) groups excluding carboxylic acids is 1. The standard InChI is InChI=1S/C19H20BrN3O3/c1-26-17-11-13(10-16(20)18(17)24)12-21-22-19(25)14-4-6-15(7-5-14)23-8-2-3-9-23/h4-7,10-12,24H,2-3,8-9H2,1H3,(H,22,25)/b21-12-. The quantitative estimate of drug-likeness (QED) is 0.576. The summed E-state index contributed by atoms with van der Waals surface area (Å²) in [4.78, 5) is 14.5. The summed E-state index contributed by atoms with van der Waals surface area (Å²) in [6, 6.07) is 10.8. The molecule has 1 fully saturated rings. The molecule has 0 unspecified atom stereocenters. The zero-order chi connectivity index (χ0) is 18.5. The predicted molar refractivity (Wildman–Crippen MR) is 105 cm³/mol. The van der Waals surface area contributed by atoms with Crippen LogP contribution in [0.25, 0.3) is 0 Å². The number of hydrogen-bond donors (Lipinski definition) is 2. The van der Waals surface area contributed by atoms with Gasteiger partial charge in [0.25, 0.3) is 5.91 Å². The molecule has 0 spiro atoms. The molecule has 1 saturated heterocycles. The van der Waals surface area contributed by atoms with Gasteiger partial charge in [0.15, 0.2) is 11.5 Å². The van der Waals surface area contributed by atoms with Crippen molar-refractivity contribution in [1.82, 2.24) is 5.43 Å². The lowest BCUT2D eigenvalue weighted by Crippen LogP contribution is -2.19. The number of nitrogens with zero attached hydrogens (tertiary/aromatic N) is 2. The smallest absolute Gasteiger partial charge is 0.271 e. The molecule has 1 aliphatic rings. The molecule has 26 heavy (non-hydrogen) atoms. The number of rotatable bonds is 5. The van der Waals surface area contributed by atoms with Crippen LogP contribution >= 0.6 is 15.9 Å². The monoisotopic (exact) mass is 417 g/mol. The summed E-state index contributed by atoms with van der Waals surface area (Å²) in [5.41, 5.74) is 4.88. The van der Waals surface area contributed by atoms with E-state index in [1.165, 1.54) is 26.2 Å². The second-order valence-electron chi connectivity index (χ2n) is 5.99. The molecule has 3 rings (SSSR count). The molecule has 1 aliphatic heterocycles.